The van der Waals surface area contributed by atoms with Crippen LogP contribution in [-0.2, 0) is 10.5 Å². The Morgan fingerprint density at radius 1 is 0.970 bits per heavy atom. The SMILES string of the molecule is CC1(C)CC(N2C=C(c3ccccc3)C(=O)C2(O)c2ccccc2C(=O)O)CC(C)(C)N1[O-]. The van der Waals surface area contributed by atoms with E-state index in [1.54, 1.807) is 47.5 Å². The van der Waals surface area contributed by atoms with Gasteiger partial charge in [0.05, 0.1) is 5.56 Å². The second-order valence-electron chi connectivity index (χ2n) is 10.1. The summed E-state index contributed by atoms with van der Waals surface area (Å²) in [5.74, 6) is -1.81. The van der Waals surface area contributed by atoms with E-state index in [4.69, 9.17) is 0 Å². The number of benzene rings is 2. The van der Waals surface area contributed by atoms with Crippen molar-refractivity contribution >= 4 is 17.3 Å². The van der Waals surface area contributed by atoms with Crippen molar-refractivity contribution in [3.05, 3.63) is 82.7 Å². The van der Waals surface area contributed by atoms with Crippen LogP contribution in [-0.4, -0.2) is 49.0 Å². The molecule has 2 aliphatic rings. The maximum Gasteiger partial charge on any atom is 0.336 e. The van der Waals surface area contributed by atoms with Crippen molar-refractivity contribution in [1.82, 2.24) is 9.96 Å². The van der Waals surface area contributed by atoms with Crippen molar-refractivity contribution in [3.63, 3.8) is 0 Å². The number of carbonyl (C=O) groups excluding carboxylic acids is 1. The van der Waals surface area contributed by atoms with Gasteiger partial charge in [-0.2, -0.15) is 0 Å². The van der Waals surface area contributed by atoms with E-state index in [9.17, 15) is 25.0 Å². The molecule has 1 atom stereocenters. The van der Waals surface area contributed by atoms with E-state index in [0.29, 0.717) is 24.0 Å². The largest absolute Gasteiger partial charge is 0.784 e. The molecular formula is C26H29N2O5-. The molecule has 0 amide bonds. The molecular weight excluding hydrogens is 420 g/mol. The fraction of sp³-hybridized carbons (Fsp3) is 0.385. The number of carbonyl (C=O) groups is 2. The molecule has 0 saturated carbocycles. The Bertz CT molecular complexity index is 1110. The zero-order valence-electron chi connectivity index (χ0n) is 19.3. The minimum atomic E-state index is -2.21. The summed E-state index contributed by atoms with van der Waals surface area (Å²) in [6, 6.07) is 14.7. The summed E-state index contributed by atoms with van der Waals surface area (Å²) >= 11 is 0. The number of carboxylic acids is 1. The number of nitrogens with zero attached hydrogens (tertiary/aromatic N) is 2. The van der Waals surface area contributed by atoms with Crippen molar-refractivity contribution in [2.75, 3.05) is 0 Å². The summed E-state index contributed by atoms with van der Waals surface area (Å²) in [6.07, 6.45) is 2.42. The third-order valence-electron chi connectivity index (χ3n) is 6.78. The zero-order valence-corrected chi connectivity index (χ0v) is 19.3. The Kier molecular flexibility index (Phi) is 5.47. The number of hydrogen-bond acceptors (Lipinski definition) is 6. The number of aliphatic hydroxyl groups is 1. The van der Waals surface area contributed by atoms with Crippen molar-refractivity contribution < 1.29 is 19.8 Å². The quantitative estimate of drug-likeness (QED) is 0.728. The lowest BCUT2D eigenvalue weighted by molar-refractivity contribution is -0.159. The molecule has 2 heterocycles. The number of piperidine rings is 1. The van der Waals surface area contributed by atoms with Gasteiger partial charge < -0.3 is 25.4 Å². The number of aromatic carboxylic acids is 1. The lowest BCUT2D eigenvalue weighted by Crippen LogP contribution is -2.63. The van der Waals surface area contributed by atoms with Crippen molar-refractivity contribution in [2.24, 2.45) is 0 Å². The summed E-state index contributed by atoms with van der Waals surface area (Å²) in [5.41, 5.74) is -2.87. The predicted octanol–water partition coefficient (Wildman–Crippen LogP) is 3.98. The molecule has 0 bridgehead atoms. The maximum absolute atomic E-state index is 13.8. The Hall–Kier alpha value is -3.00. The Labute approximate surface area is 193 Å². The van der Waals surface area contributed by atoms with E-state index in [0.717, 1.165) is 5.06 Å². The molecule has 2 aliphatic heterocycles. The molecule has 0 radical (unpaired) electrons. The summed E-state index contributed by atoms with van der Waals surface area (Å²) in [6.45, 7) is 7.38. The molecule has 1 fully saturated rings. The van der Waals surface area contributed by atoms with Gasteiger partial charge in [0, 0.05) is 34.5 Å². The molecule has 7 nitrogen and oxygen atoms in total. The van der Waals surface area contributed by atoms with Crippen LogP contribution in [0.25, 0.3) is 5.57 Å². The lowest BCUT2D eigenvalue weighted by atomic mass is 9.77. The number of hydrogen-bond donors (Lipinski definition) is 2. The number of carboxylic acid groups (broad SMARTS) is 1. The van der Waals surface area contributed by atoms with Gasteiger partial charge in [-0.05, 0) is 52.2 Å². The van der Waals surface area contributed by atoms with Crippen molar-refractivity contribution in [1.29, 1.82) is 0 Å². The van der Waals surface area contributed by atoms with E-state index in [1.807, 2.05) is 33.8 Å². The van der Waals surface area contributed by atoms with Crippen LogP contribution in [0.1, 0.15) is 62.0 Å². The third-order valence-corrected chi connectivity index (χ3v) is 6.78. The van der Waals surface area contributed by atoms with Crippen LogP contribution in [0, 0.1) is 5.21 Å². The average Bonchev–Trinajstić information content (AvgIpc) is 3.04. The fourth-order valence-corrected chi connectivity index (χ4v) is 5.43. The molecule has 0 aliphatic carbocycles. The standard InChI is InChI=1S/C26H29N2O5/c1-24(2)14-18(15-25(3,4)28(24)33)27-16-20(17-10-6-5-7-11-17)22(29)26(27,32)21-13-9-8-12-19(21)23(30)31/h5-13,16,18,32H,14-15H2,1-4H3,(H,30,31)/q-1. The first kappa shape index (κ1) is 23.2. The molecule has 2 N–H and O–H groups in total. The number of Topliss-reactive ketones (excluding diaryl/α,β-unsaturated/α-hetero) is 1. The van der Waals surface area contributed by atoms with Crippen LogP contribution in [0.4, 0.5) is 0 Å². The second-order valence-corrected chi connectivity index (χ2v) is 10.1. The van der Waals surface area contributed by atoms with Gasteiger partial charge in [0.15, 0.2) is 0 Å². The first-order valence-corrected chi connectivity index (χ1v) is 11.0. The predicted molar refractivity (Wildman–Crippen MR) is 125 cm³/mol. The van der Waals surface area contributed by atoms with Gasteiger partial charge in [-0.3, -0.25) is 4.79 Å². The fourth-order valence-electron chi connectivity index (χ4n) is 5.43. The summed E-state index contributed by atoms with van der Waals surface area (Å²) in [5, 5.41) is 35.9. The number of hydroxylamine groups is 2. The monoisotopic (exact) mass is 449 g/mol. The van der Waals surface area contributed by atoms with Gasteiger partial charge in [-0.1, -0.05) is 48.5 Å². The Morgan fingerprint density at radius 3 is 2.09 bits per heavy atom. The van der Waals surface area contributed by atoms with Gasteiger partial charge in [0.25, 0.3) is 0 Å². The van der Waals surface area contributed by atoms with Crippen LogP contribution in [0.2, 0.25) is 0 Å². The van der Waals surface area contributed by atoms with E-state index < -0.39 is 28.6 Å². The topological polar surface area (TPSA) is 104 Å². The van der Waals surface area contributed by atoms with Crippen LogP contribution in [0.5, 0.6) is 0 Å². The van der Waals surface area contributed by atoms with Gasteiger partial charge in [-0.15, -0.1) is 0 Å². The maximum atomic E-state index is 13.8. The van der Waals surface area contributed by atoms with E-state index in [-0.39, 0.29) is 17.2 Å². The molecule has 2 aromatic carbocycles. The second kappa shape index (κ2) is 7.80. The zero-order chi connectivity index (χ0) is 24.2. The normalized spacial score (nSPS) is 25.2. The van der Waals surface area contributed by atoms with Gasteiger partial charge in [0.2, 0.25) is 11.5 Å². The van der Waals surface area contributed by atoms with Gasteiger partial charge in [0.1, 0.15) is 0 Å². The van der Waals surface area contributed by atoms with Crippen LogP contribution in [0.15, 0.2) is 60.8 Å². The Morgan fingerprint density at radius 2 is 1.52 bits per heavy atom. The van der Waals surface area contributed by atoms with Crippen molar-refractivity contribution in [2.45, 2.75) is 63.4 Å². The summed E-state index contributed by atoms with van der Waals surface area (Å²) < 4.78 is 0. The van der Waals surface area contributed by atoms with Gasteiger partial charge in [-0.25, -0.2) is 4.79 Å². The Balaban J connectivity index is 1.90. The van der Waals surface area contributed by atoms with E-state index in [2.05, 4.69) is 0 Å². The van der Waals surface area contributed by atoms with E-state index in [1.165, 1.54) is 12.1 Å². The molecule has 1 saturated heterocycles. The molecule has 4 rings (SSSR count). The first-order chi connectivity index (χ1) is 15.4. The summed E-state index contributed by atoms with van der Waals surface area (Å²) in [7, 11) is 0. The lowest BCUT2D eigenvalue weighted by Gasteiger charge is -2.61. The number of ketones is 1. The van der Waals surface area contributed by atoms with Crippen LogP contribution in [0.3, 0.4) is 0 Å². The molecule has 2 aromatic rings. The average molecular weight is 450 g/mol. The van der Waals surface area contributed by atoms with Crippen LogP contribution >= 0.6 is 0 Å². The minimum Gasteiger partial charge on any atom is -0.784 e. The smallest absolute Gasteiger partial charge is 0.336 e. The van der Waals surface area contributed by atoms with E-state index >= 15 is 0 Å². The first-order valence-electron chi connectivity index (χ1n) is 11.0. The highest BCUT2D eigenvalue weighted by molar-refractivity contribution is 6.26. The number of rotatable bonds is 4. The third kappa shape index (κ3) is 3.66. The molecule has 7 heteroatoms. The van der Waals surface area contributed by atoms with Crippen molar-refractivity contribution in [3.8, 4) is 0 Å². The highest BCUT2D eigenvalue weighted by Gasteiger charge is 2.55. The van der Waals surface area contributed by atoms with Crippen LogP contribution < -0.4 is 0 Å². The highest BCUT2D eigenvalue weighted by atomic mass is 16.5. The molecule has 1 unspecified atom stereocenters. The summed E-state index contributed by atoms with van der Waals surface area (Å²) in [4.78, 5) is 27.4. The minimum absolute atomic E-state index is 0.0184. The molecule has 0 aromatic heterocycles. The molecule has 33 heavy (non-hydrogen) atoms. The van der Waals surface area contributed by atoms with Gasteiger partial charge >= 0.3 is 5.97 Å². The molecule has 174 valence electrons. The highest BCUT2D eigenvalue weighted by Crippen LogP contribution is 2.47. The molecule has 0 spiro atoms.